The third-order valence-corrected chi connectivity index (χ3v) is 4.86. The standard InChI is InChI=1S/C27H30N2O3/c1-18(2)32-24-11-6-8-20(16-24)26(31)29-23-10-7-9-22(17-23)28-25(30)19-12-14-21(15-13-19)27(3,4)5/h6-18H,1-5H3,(H,28,30)(H,29,31). The molecule has 166 valence electrons. The van der Waals surface area contributed by atoms with Gasteiger partial charge in [-0.3, -0.25) is 9.59 Å². The molecule has 2 amide bonds. The molecule has 0 saturated heterocycles. The highest BCUT2D eigenvalue weighted by Crippen LogP contribution is 2.23. The Bertz CT molecular complexity index is 1100. The van der Waals surface area contributed by atoms with E-state index in [1.54, 1.807) is 42.5 Å². The van der Waals surface area contributed by atoms with Crippen molar-refractivity contribution in [2.75, 3.05) is 10.6 Å². The zero-order valence-corrected chi connectivity index (χ0v) is 19.2. The van der Waals surface area contributed by atoms with Gasteiger partial charge in [-0.25, -0.2) is 0 Å². The van der Waals surface area contributed by atoms with Crippen molar-refractivity contribution in [2.45, 2.75) is 46.1 Å². The number of anilines is 2. The summed E-state index contributed by atoms with van der Waals surface area (Å²) < 4.78 is 5.66. The van der Waals surface area contributed by atoms with Crippen LogP contribution in [0.25, 0.3) is 0 Å². The normalized spacial score (nSPS) is 11.2. The second kappa shape index (κ2) is 9.69. The van der Waals surface area contributed by atoms with Crippen molar-refractivity contribution < 1.29 is 14.3 Å². The first-order chi connectivity index (χ1) is 15.1. The van der Waals surface area contributed by atoms with Crippen LogP contribution >= 0.6 is 0 Å². The Morgan fingerprint density at radius 1 is 0.750 bits per heavy atom. The summed E-state index contributed by atoms with van der Waals surface area (Å²) in [5, 5.41) is 5.76. The molecule has 3 aromatic carbocycles. The summed E-state index contributed by atoms with van der Waals surface area (Å²) >= 11 is 0. The maximum absolute atomic E-state index is 12.7. The third kappa shape index (κ3) is 6.20. The summed E-state index contributed by atoms with van der Waals surface area (Å²) in [5.41, 5.74) is 3.46. The Labute approximate surface area is 189 Å². The van der Waals surface area contributed by atoms with E-state index in [0.717, 1.165) is 0 Å². The Morgan fingerprint density at radius 2 is 1.31 bits per heavy atom. The van der Waals surface area contributed by atoms with E-state index < -0.39 is 0 Å². The van der Waals surface area contributed by atoms with Gasteiger partial charge in [0.1, 0.15) is 5.75 Å². The Balaban J connectivity index is 1.68. The zero-order valence-electron chi connectivity index (χ0n) is 19.2. The fourth-order valence-corrected chi connectivity index (χ4v) is 3.19. The van der Waals surface area contributed by atoms with E-state index in [1.165, 1.54) is 5.56 Å². The molecule has 5 heteroatoms. The molecule has 5 nitrogen and oxygen atoms in total. The molecule has 0 unspecified atom stereocenters. The van der Waals surface area contributed by atoms with E-state index >= 15 is 0 Å². The van der Waals surface area contributed by atoms with Crippen LogP contribution in [0, 0.1) is 0 Å². The van der Waals surface area contributed by atoms with Gasteiger partial charge < -0.3 is 15.4 Å². The Kier molecular flexibility index (Phi) is 6.98. The molecule has 0 spiro atoms. The number of rotatable bonds is 6. The van der Waals surface area contributed by atoms with E-state index in [9.17, 15) is 9.59 Å². The number of benzene rings is 3. The lowest BCUT2D eigenvalue weighted by Gasteiger charge is -2.19. The van der Waals surface area contributed by atoms with Crippen molar-refractivity contribution in [3.05, 3.63) is 89.5 Å². The second-order valence-electron chi connectivity index (χ2n) is 9.01. The molecular formula is C27H30N2O3. The number of ether oxygens (including phenoxy) is 1. The molecule has 0 aliphatic carbocycles. The van der Waals surface area contributed by atoms with Gasteiger partial charge >= 0.3 is 0 Å². The number of carbonyl (C=O) groups excluding carboxylic acids is 2. The fourth-order valence-electron chi connectivity index (χ4n) is 3.19. The van der Waals surface area contributed by atoms with Crippen molar-refractivity contribution in [1.82, 2.24) is 0 Å². The molecule has 0 aliphatic heterocycles. The highest BCUT2D eigenvalue weighted by molar-refractivity contribution is 6.06. The summed E-state index contributed by atoms with van der Waals surface area (Å²) in [6.07, 6.45) is 0.0262. The third-order valence-electron chi connectivity index (χ3n) is 4.86. The van der Waals surface area contributed by atoms with Crippen molar-refractivity contribution >= 4 is 23.2 Å². The van der Waals surface area contributed by atoms with Crippen LogP contribution in [0.1, 0.15) is 60.9 Å². The Morgan fingerprint density at radius 3 is 1.88 bits per heavy atom. The van der Waals surface area contributed by atoms with Crippen molar-refractivity contribution in [1.29, 1.82) is 0 Å². The van der Waals surface area contributed by atoms with E-state index in [-0.39, 0.29) is 23.3 Å². The van der Waals surface area contributed by atoms with E-state index in [2.05, 4.69) is 31.4 Å². The van der Waals surface area contributed by atoms with Gasteiger partial charge in [-0.05, 0) is 73.4 Å². The van der Waals surface area contributed by atoms with Gasteiger partial charge in [0.2, 0.25) is 0 Å². The molecule has 2 N–H and O–H groups in total. The van der Waals surface area contributed by atoms with E-state index in [4.69, 9.17) is 4.74 Å². The lowest BCUT2D eigenvalue weighted by Crippen LogP contribution is -2.15. The second-order valence-corrected chi connectivity index (χ2v) is 9.01. The predicted molar refractivity (Wildman–Crippen MR) is 130 cm³/mol. The Hall–Kier alpha value is -3.60. The van der Waals surface area contributed by atoms with Gasteiger partial charge in [-0.15, -0.1) is 0 Å². The van der Waals surface area contributed by atoms with Gasteiger partial charge in [0.05, 0.1) is 6.10 Å². The highest BCUT2D eigenvalue weighted by atomic mass is 16.5. The molecule has 0 bridgehead atoms. The summed E-state index contributed by atoms with van der Waals surface area (Å²) in [6, 6.07) is 21.7. The van der Waals surface area contributed by atoms with Gasteiger partial charge in [-0.1, -0.05) is 45.0 Å². The fraction of sp³-hybridized carbons (Fsp3) is 0.259. The van der Waals surface area contributed by atoms with Crippen LogP contribution in [0.3, 0.4) is 0 Å². The predicted octanol–water partition coefficient (Wildman–Crippen LogP) is 6.28. The number of amides is 2. The van der Waals surface area contributed by atoms with Crippen LogP contribution in [0.5, 0.6) is 5.75 Å². The summed E-state index contributed by atoms with van der Waals surface area (Å²) in [4.78, 5) is 25.3. The molecule has 0 saturated carbocycles. The SMILES string of the molecule is CC(C)Oc1cccc(C(=O)Nc2cccc(NC(=O)c3ccc(C(C)(C)C)cc3)c2)c1. The molecular weight excluding hydrogens is 400 g/mol. The minimum atomic E-state index is -0.250. The minimum Gasteiger partial charge on any atom is -0.491 e. The van der Waals surface area contributed by atoms with Crippen LogP contribution in [0.15, 0.2) is 72.8 Å². The molecule has 0 aliphatic rings. The summed E-state index contributed by atoms with van der Waals surface area (Å²) in [5.74, 6) is 0.194. The quantitative estimate of drug-likeness (QED) is 0.484. The number of nitrogens with one attached hydrogen (secondary N) is 2. The van der Waals surface area contributed by atoms with Gasteiger partial charge in [0.15, 0.2) is 0 Å². The van der Waals surface area contributed by atoms with Gasteiger partial charge in [0.25, 0.3) is 11.8 Å². The van der Waals surface area contributed by atoms with E-state index in [0.29, 0.717) is 28.3 Å². The first kappa shape index (κ1) is 23.1. The van der Waals surface area contributed by atoms with Crippen LogP contribution < -0.4 is 15.4 Å². The average molecular weight is 431 g/mol. The van der Waals surface area contributed by atoms with Gasteiger partial charge in [0, 0.05) is 22.5 Å². The topological polar surface area (TPSA) is 67.4 Å². The van der Waals surface area contributed by atoms with Crippen LogP contribution in [0.4, 0.5) is 11.4 Å². The lowest BCUT2D eigenvalue weighted by atomic mass is 9.87. The number of carbonyl (C=O) groups is 2. The molecule has 0 fully saturated rings. The lowest BCUT2D eigenvalue weighted by molar-refractivity contribution is 0.101. The first-order valence-electron chi connectivity index (χ1n) is 10.7. The van der Waals surface area contributed by atoms with Crippen LogP contribution in [0.2, 0.25) is 0 Å². The maximum Gasteiger partial charge on any atom is 0.255 e. The number of hydrogen-bond donors (Lipinski definition) is 2. The molecule has 0 heterocycles. The minimum absolute atomic E-state index is 0.0262. The zero-order chi connectivity index (χ0) is 23.3. The molecule has 3 aromatic rings. The van der Waals surface area contributed by atoms with Crippen molar-refractivity contribution in [3.63, 3.8) is 0 Å². The van der Waals surface area contributed by atoms with Crippen molar-refractivity contribution in [2.24, 2.45) is 0 Å². The van der Waals surface area contributed by atoms with Crippen LogP contribution in [-0.4, -0.2) is 17.9 Å². The molecule has 0 aromatic heterocycles. The smallest absolute Gasteiger partial charge is 0.255 e. The largest absolute Gasteiger partial charge is 0.491 e. The monoisotopic (exact) mass is 430 g/mol. The molecule has 0 radical (unpaired) electrons. The van der Waals surface area contributed by atoms with Gasteiger partial charge in [-0.2, -0.15) is 0 Å². The van der Waals surface area contributed by atoms with Crippen molar-refractivity contribution in [3.8, 4) is 5.75 Å². The summed E-state index contributed by atoms with van der Waals surface area (Å²) in [7, 11) is 0. The molecule has 0 atom stereocenters. The average Bonchev–Trinajstić information content (AvgIpc) is 2.73. The highest BCUT2D eigenvalue weighted by Gasteiger charge is 2.15. The molecule has 32 heavy (non-hydrogen) atoms. The first-order valence-corrected chi connectivity index (χ1v) is 10.7. The summed E-state index contributed by atoms with van der Waals surface area (Å²) in [6.45, 7) is 10.3. The maximum atomic E-state index is 12.7. The van der Waals surface area contributed by atoms with E-state index in [1.807, 2.05) is 44.2 Å². The molecule has 3 rings (SSSR count). The van der Waals surface area contributed by atoms with Crippen LogP contribution in [-0.2, 0) is 5.41 Å². The number of hydrogen-bond acceptors (Lipinski definition) is 3.